The van der Waals surface area contributed by atoms with Crippen molar-refractivity contribution in [3.8, 4) is 0 Å². The van der Waals surface area contributed by atoms with Crippen molar-refractivity contribution in [3.63, 3.8) is 0 Å². The third kappa shape index (κ3) is 3.14. The molecular formula is C11H25N. The predicted molar refractivity (Wildman–Crippen MR) is 56.5 cm³/mol. The minimum atomic E-state index is 0.803. The fraction of sp³-hybridized carbons (Fsp3) is 1.00. The first-order valence-corrected chi connectivity index (χ1v) is 5.51. The van der Waals surface area contributed by atoms with E-state index in [1.165, 1.54) is 25.8 Å². The predicted octanol–water partition coefficient (Wildman–Crippen LogP) is 3.30. The van der Waals surface area contributed by atoms with Crippen LogP contribution in [-0.2, 0) is 0 Å². The highest BCUT2D eigenvalue weighted by Gasteiger charge is 2.23. The van der Waals surface area contributed by atoms with Gasteiger partial charge in [-0.2, -0.15) is 0 Å². The molecule has 0 N–H and O–H groups in total. The summed E-state index contributed by atoms with van der Waals surface area (Å²) < 4.78 is 0. The molecule has 0 saturated carbocycles. The zero-order chi connectivity index (χ0) is 9.56. The van der Waals surface area contributed by atoms with E-state index in [9.17, 15) is 0 Å². The molecule has 1 fully saturated rings. The van der Waals surface area contributed by atoms with Crippen molar-refractivity contribution in [2.75, 3.05) is 6.54 Å². The highest BCUT2D eigenvalue weighted by Crippen LogP contribution is 2.20. The van der Waals surface area contributed by atoms with Crippen LogP contribution in [0.4, 0.5) is 0 Å². The molecule has 1 nitrogen and oxygen atoms in total. The maximum Gasteiger partial charge on any atom is 0.00702 e. The van der Waals surface area contributed by atoms with Crippen LogP contribution in [0.15, 0.2) is 0 Å². The summed E-state index contributed by atoms with van der Waals surface area (Å²) in [6.45, 7) is 12.3. The Morgan fingerprint density at radius 2 is 2.00 bits per heavy atom. The molecule has 0 aromatic heterocycles. The topological polar surface area (TPSA) is 3.24 Å². The molecule has 1 heteroatoms. The molecule has 1 saturated heterocycles. The second-order valence-corrected chi connectivity index (χ2v) is 3.49. The average molecular weight is 171 g/mol. The van der Waals surface area contributed by atoms with Crippen LogP contribution in [0.5, 0.6) is 0 Å². The van der Waals surface area contributed by atoms with Crippen molar-refractivity contribution < 1.29 is 0 Å². The molecule has 0 aromatic rings. The van der Waals surface area contributed by atoms with Gasteiger partial charge in [0, 0.05) is 12.1 Å². The van der Waals surface area contributed by atoms with E-state index in [-0.39, 0.29) is 0 Å². The Hall–Kier alpha value is -0.0400. The van der Waals surface area contributed by atoms with E-state index in [0.717, 1.165) is 12.1 Å². The van der Waals surface area contributed by atoms with Gasteiger partial charge in [-0.3, -0.25) is 4.90 Å². The summed E-state index contributed by atoms with van der Waals surface area (Å²) in [5.74, 6) is 0. The van der Waals surface area contributed by atoms with Gasteiger partial charge in [0.25, 0.3) is 0 Å². The van der Waals surface area contributed by atoms with Crippen LogP contribution >= 0.6 is 0 Å². The lowest BCUT2D eigenvalue weighted by molar-refractivity contribution is 0.198. The normalized spacial score (nSPS) is 26.2. The van der Waals surface area contributed by atoms with Crippen molar-refractivity contribution in [1.29, 1.82) is 0 Å². The third-order valence-electron chi connectivity index (χ3n) is 2.76. The van der Waals surface area contributed by atoms with Gasteiger partial charge in [0.05, 0.1) is 0 Å². The fourth-order valence-electron chi connectivity index (χ4n) is 1.84. The van der Waals surface area contributed by atoms with Crippen LogP contribution < -0.4 is 0 Å². The van der Waals surface area contributed by atoms with Crippen LogP contribution in [-0.4, -0.2) is 23.5 Å². The Balaban J connectivity index is 0.000000561. The van der Waals surface area contributed by atoms with Crippen molar-refractivity contribution in [3.05, 3.63) is 0 Å². The van der Waals surface area contributed by atoms with Gasteiger partial charge in [-0.15, -0.1) is 0 Å². The number of hydrogen-bond donors (Lipinski definition) is 0. The van der Waals surface area contributed by atoms with Gasteiger partial charge >= 0.3 is 0 Å². The van der Waals surface area contributed by atoms with E-state index >= 15 is 0 Å². The minimum Gasteiger partial charge on any atom is -0.298 e. The monoisotopic (exact) mass is 171 g/mol. The summed E-state index contributed by atoms with van der Waals surface area (Å²) in [6, 6.07) is 1.65. The Bertz CT molecular complexity index is 101. The van der Waals surface area contributed by atoms with E-state index in [2.05, 4.69) is 25.7 Å². The van der Waals surface area contributed by atoms with Gasteiger partial charge in [0.15, 0.2) is 0 Å². The van der Waals surface area contributed by atoms with Crippen molar-refractivity contribution in [2.24, 2.45) is 0 Å². The minimum absolute atomic E-state index is 0.803. The average Bonchev–Trinajstić information content (AvgIpc) is 2.54. The zero-order valence-corrected chi connectivity index (χ0v) is 9.43. The SMILES string of the molecule is CC.CCC(C)N1CCCC1C. The lowest BCUT2D eigenvalue weighted by Gasteiger charge is -2.27. The smallest absolute Gasteiger partial charge is 0.00702 e. The second-order valence-electron chi connectivity index (χ2n) is 3.49. The third-order valence-corrected chi connectivity index (χ3v) is 2.76. The molecule has 0 aromatic carbocycles. The Morgan fingerprint density at radius 1 is 1.42 bits per heavy atom. The van der Waals surface area contributed by atoms with Gasteiger partial charge in [-0.25, -0.2) is 0 Å². The lowest BCUT2D eigenvalue weighted by Crippen LogP contribution is -2.34. The molecule has 2 atom stereocenters. The summed E-state index contributed by atoms with van der Waals surface area (Å²) in [5.41, 5.74) is 0. The molecule has 0 spiro atoms. The molecule has 0 radical (unpaired) electrons. The van der Waals surface area contributed by atoms with E-state index in [1.807, 2.05) is 13.8 Å². The summed E-state index contributed by atoms with van der Waals surface area (Å²) >= 11 is 0. The van der Waals surface area contributed by atoms with Gasteiger partial charge in [0.2, 0.25) is 0 Å². The van der Waals surface area contributed by atoms with E-state index in [4.69, 9.17) is 0 Å². The Morgan fingerprint density at radius 3 is 2.33 bits per heavy atom. The molecule has 12 heavy (non-hydrogen) atoms. The maximum atomic E-state index is 2.62. The molecule has 2 unspecified atom stereocenters. The highest BCUT2D eigenvalue weighted by atomic mass is 15.2. The van der Waals surface area contributed by atoms with Gasteiger partial charge in [-0.1, -0.05) is 20.8 Å². The van der Waals surface area contributed by atoms with Crippen LogP contribution in [0.1, 0.15) is 53.9 Å². The summed E-state index contributed by atoms with van der Waals surface area (Å²) in [7, 11) is 0. The molecular weight excluding hydrogens is 146 g/mol. The lowest BCUT2D eigenvalue weighted by atomic mass is 10.2. The molecule has 1 aliphatic rings. The quantitative estimate of drug-likeness (QED) is 0.616. The molecule has 0 aliphatic carbocycles. The van der Waals surface area contributed by atoms with Crippen LogP contribution in [0.3, 0.4) is 0 Å². The molecule has 74 valence electrons. The van der Waals surface area contributed by atoms with Crippen LogP contribution in [0.25, 0.3) is 0 Å². The molecule has 1 rings (SSSR count). The van der Waals surface area contributed by atoms with E-state index < -0.39 is 0 Å². The van der Waals surface area contributed by atoms with Crippen LogP contribution in [0.2, 0.25) is 0 Å². The zero-order valence-electron chi connectivity index (χ0n) is 9.43. The van der Waals surface area contributed by atoms with E-state index in [1.54, 1.807) is 0 Å². The standard InChI is InChI=1S/C9H19N.C2H6/c1-4-8(2)10-7-5-6-9(10)3;1-2/h8-9H,4-7H2,1-3H3;1-2H3. The van der Waals surface area contributed by atoms with Crippen molar-refractivity contribution in [1.82, 2.24) is 4.90 Å². The van der Waals surface area contributed by atoms with Gasteiger partial charge in [-0.05, 0) is 39.7 Å². The maximum absolute atomic E-state index is 2.62. The van der Waals surface area contributed by atoms with Crippen molar-refractivity contribution >= 4 is 0 Å². The summed E-state index contributed by atoms with van der Waals surface area (Å²) in [6.07, 6.45) is 4.11. The highest BCUT2D eigenvalue weighted by molar-refractivity contribution is 4.78. The van der Waals surface area contributed by atoms with Crippen molar-refractivity contribution in [2.45, 2.75) is 66.0 Å². The molecule has 0 bridgehead atoms. The first kappa shape index (κ1) is 12.0. The largest absolute Gasteiger partial charge is 0.298 e. The Kier molecular flexibility index (Phi) is 6.45. The van der Waals surface area contributed by atoms with E-state index in [0.29, 0.717) is 0 Å². The molecule has 0 amide bonds. The van der Waals surface area contributed by atoms with Gasteiger partial charge < -0.3 is 0 Å². The second kappa shape index (κ2) is 6.47. The first-order chi connectivity index (χ1) is 5.75. The van der Waals surface area contributed by atoms with Crippen LogP contribution in [0, 0.1) is 0 Å². The number of nitrogens with zero attached hydrogens (tertiary/aromatic N) is 1. The summed E-state index contributed by atoms with van der Waals surface area (Å²) in [5, 5.41) is 0. The van der Waals surface area contributed by atoms with Gasteiger partial charge in [0.1, 0.15) is 0 Å². The molecule has 1 aliphatic heterocycles. The first-order valence-electron chi connectivity index (χ1n) is 5.51. The number of rotatable bonds is 2. The number of hydrogen-bond acceptors (Lipinski definition) is 1. The fourth-order valence-corrected chi connectivity index (χ4v) is 1.84. The summed E-state index contributed by atoms with van der Waals surface area (Å²) in [4.78, 5) is 2.62. The Labute approximate surface area is 78.1 Å². The molecule has 1 heterocycles. The number of likely N-dealkylation sites (tertiary alicyclic amines) is 1.